The van der Waals surface area contributed by atoms with Gasteiger partial charge in [0.2, 0.25) is 0 Å². The Morgan fingerprint density at radius 2 is 2.16 bits per heavy atom. The lowest BCUT2D eigenvalue weighted by atomic mass is 10.2. The normalized spacial score (nSPS) is 19.9. The second-order valence-corrected chi connectivity index (χ2v) is 5.19. The molecule has 0 radical (unpaired) electrons. The molecule has 3 rings (SSSR count). The third kappa shape index (κ3) is 2.71. The van der Waals surface area contributed by atoms with Crippen LogP contribution in [-0.2, 0) is 0 Å². The van der Waals surface area contributed by atoms with Crippen molar-refractivity contribution in [2.45, 2.75) is 25.8 Å². The molecule has 0 amide bonds. The summed E-state index contributed by atoms with van der Waals surface area (Å²) in [5, 5.41) is 4.69. The monoisotopic (exact) mass is 255 g/mol. The average molecular weight is 255 g/mol. The number of nitrogens with zero attached hydrogens (tertiary/aromatic N) is 2. The molecule has 1 aromatic heterocycles. The Hall–Kier alpha value is -1.61. The second-order valence-electron chi connectivity index (χ2n) is 5.19. The van der Waals surface area contributed by atoms with Crippen LogP contribution in [0.2, 0.25) is 0 Å². The van der Waals surface area contributed by atoms with E-state index in [4.69, 9.17) is 0 Å². The summed E-state index contributed by atoms with van der Waals surface area (Å²) >= 11 is 0. The van der Waals surface area contributed by atoms with E-state index in [0.717, 1.165) is 24.4 Å². The van der Waals surface area contributed by atoms with Gasteiger partial charge in [-0.1, -0.05) is 25.1 Å². The van der Waals surface area contributed by atoms with E-state index >= 15 is 0 Å². The van der Waals surface area contributed by atoms with Crippen molar-refractivity contribution in [2.75, 3.05) is 25.0 Å². The van der Waals surface area contributed by atoms with Gasteiger partial charge in [-0.3, -0.25) is 4.90 Å². The minimum Gasteiger partial charge on any atom is -0.368 e. The van der Waals surface area contributed by atoms with Crippen molar-refractivity contribution in [2.24, 2.45) is 0 Å². The molecule has 2 heterocycles. The van der Waals surface area contributed by atoms with Gasteiger partial charge in [-0.05, 0) is 44.1 Å². The van der Waals surface area contributed by atoms with E-state index in [2.05, 4.69) is 52.5 Å². The van der Waals surface area contributed by atoms with Gasteiger partial charge in [-0.15, -0.1) is 0 Å². The fourth-order valence-corrected chi connectivity index (χ4v) is 2.93. The number of nitrogens with one attached hydrogen (secondary N) is 1. The number of benzene rings is 1. The predicted molar refractivity (Wildman–Crippen MR) is 80.5 cm³/mol. The van der Waals surface area contributed by atoms with Crippen LogP contribution in [0.25, 0.3) is 10.9 Å². The van der Waals surface area contributed by atoms with Crippen LogP contribution in [0.5, 0.6) is 0 Å². The van der Waals surface area contributed by atoms with Gasteiger partial charge in [0.05, 0.1) is 5.52 Å². The smallest absolute Gasteiger partial charge is 0.126 e. The fourth-order valence-electron chi connectivity index (χ4n) is 2.93. The lowest BCUT2D eigenvalue weighted by molar-refractivity contribution is 0.277. The summed E-state index contributed by atoms with van der Waals surface area (Å²) in [7, 11) is 0. The first-order valence-electron chi connectivity index (χ1n) is 7.20. The number of anilines is 1. The summed E-state index contributed by atoms with van der Waals surface area (Å²) in [6.45, 7) is 5.64. The van der Waals surface area contributed by atoms with E-state index in [0.29, 0.717) is 6.04 Å². The minimum absolute atomic E-state index is 0.665. The van der Waals surface area contributed by atoms with Gasteiger partial charge in [-0.25, -0.2) is 4.98 Å². The maximum Gasteiger partial charge on any atom is 0.126 e. The molecule has 0 aliphatic carbocycles. The van der Waals surface area contributed by atoms with Crippen molar-refractivity contribution in [3.05, 3.63) is 36.4 Å². The summed E-state index contributed by atoms with van der Waals surface area (Å²) in [4.78, 5) is 7.21. The van der Waals surface area contributed by atoms with E-state index in [1.807, 2.05) is 6.07 Å². The van der Waals surface area contributed by atoms with Crippen molar-refractivity contribution in [3.8, 4) is 0 Å². The van der Waals surface area contributed by atoms with Crippen molar-refractivity contribution < 1.29 is 0 Å². The zero-order valence-corrected chi connectivity index (χ0v) is 11.5. The minimum atomic E-state index is 0.665. The molecule has 1 saturated heterocycles. The molecule has 1 aliphatic heterocycles. The summed E-state index contributed by atoms with van der Waals surface area (Å²) in [5.74, 6) is 0.988. The van der Waals surface area contributed by atoms with Crippen molar-refractivity contribution in [3.63, 3.8) is 0 Å². The molecule has 19 heavy (non-hydrogen) atoms. The molecule has 0 bridgehead atoms. The number of hydrogen-bond donors (Lipinski definition) is 1. The molecule has 1 N–H and O–H groups in total. The van der Waals surface area contributed by atoms with Crippen molar-refractivity contribution >= 4 is 16.7 Å². The van der Waals surface area contributed by atoms with Gasteiger partial charge in [0.25, 0.3) is 0 Å². The highest BCUT2D eigenvalue weighted by Crippen LogP contribution is 2.18. The molecule has 1 aliphatic rings. The molecular weight excluding hydrogens is 234 g/mol. The zero-order chi connectivity index (χ0) is 13.1. The molecule has 0 spiro atoms. The Kier molecular flexibility index (Phi) is 3.65. The van der Waals surface area contributed by atoms with Gasteiger partial charge in [0, 0.05) is 18.0 Å². The highest BCUT2D eigenvalue weighted by atomic mass is 15.2. The molecule has 100 valence electrons. The Labute approximate surface area is 114 Å². The first-order valence-corrected chi connectivity index (χ1v) is 7.20. The van der Waals surface area contributed by atoms with Crippen LogP contribution < -0.4 is 5.32 Å². The summed E-state index contributed by atoms with van der Waals surface area (Å²) in [6.07, 6.45) is 2.62. The SMILES string of the molecule is CCN1CCCC1CNc1ccc2ccccc2n1. The fraction of sp³-hybridized carbons (Fsp3) is 0.438. The number of hydrogen-bond acceptors (Lipinski definition) is 3. The topological polar surface area (TPSA) is 28.2 Å². The molecule has 3 nitrogen and oxygen atoms in total. The van der Waals surface area contributed by atoms with Crippen molar-refractivity contribution in [1.29, 1.82) is 0 Å². The van der Waals surface area contributed by atoms with E-state index in [1.54, 1.807) is 0 Å². The standard InChI is InChI=1S/C16H21N3/c1-2-19-11-5-7-14(19)12-17-16-10-9-13-6-3-4-8-15(13)18-16/h3-4,6,8-10,14H,2,5,7,11-12H2,1H3,(H,17,18). The number of likely N-dealkylation sites (N-methyl/N-ethyl adjacent to an activating group) is 1. The van der Waals surface area contributed by atoms with Crippen LogP contribution in [0.3, 0.4) is 0 Å². The number of pyridine rings is 1. The third-order valence-corrected chi connectivity index (χ3v) is 4.02. The Balaban J connectivity index is 1.68. The highest BCUT2D eigenvalue weighted by Gasteiger charge is 2.22. The van der Waals surface area contributed by atoms with Crippen LogP contribution in [-0.4, -0.2) is 35.6 Å². The number of rotatable bonds is 4. The maximum absolute atomic E-state index is 4.66. The molecule has 1 unspecified atom stereocenters. The van der Waals surface area contributed by atoms with Gasteiger partial charge in [0.1, 0.15) is 5.82 Å². The largest absolute Gasteiger partial charge is 0.368 e. The molecule has 0 saturated carbocycles. The third-order valence-electron chi connectivity index (χ3n) is 4.02. The van der Waals surface area contributed by atoms with E-state index in [-0.39, 0.29) is 0 Å². The number of para-hydroxylation sites is 1. The van der Waals surface area contributed by atoms with Gasteiger partial charge >= 0.3 is 0 Å². The zero-order valence-electron chi connectivity index (χ0n) is 11.5. The molecule has 3 heteroatoms. The average Bonchev–Trinajstić information content (AvgIpc) is 2.92. The summed E-state index contributed by atoms with van der Waals surface area (Å²) in [5.41, 5.74) is 1.06. The van der Waals surface area contributed by atoms with Gasteiger partial charge < -0.3 is 5.32 Å². The second kappa shape index (κ2) is 5.57. The van der Waals surface area contributed by atoms with Gasteiger partial charge in [0.15, 0.2) is 0 Å². The van der Waals surface area contributed by atoms with Crippen LogP contribution >= 0.6 is 0 Å². The number of likely N-dealkylation sites (tertiary alicyclic amines) is 1. The summed E-state index contributed by atoms with van der Waals surface area (Å²) in [6, 6.07) is 13.1. The highest BCUT2D eigenvalue weighted by molar-refractivity contribution is 5.80. The van der Waals surface area contributed by atoms with Crippen LogP contribution in [0.15, 0.2) is 36.4 Å². The lowest BCUT2D eigenvalue weighted by Gasteiger charge is -2.23. The number of fused-ring (bicyclic) bond motifs is 1. The molecule has 1 aromatic carbocycles. The van der Waals surface area contributed by atoms with Crippen LogP contribution in [0.1, 0.15) is 19.8 Å². The van der Waals surface area contributed by atoms with E-state index in [1.165, 1.54) is 24.8 Å². The Bertz CT molecular complexity index is 552. The quantitative estimate of drug-likeness (QED) is 0.909. The summed E-state index contributed by atoms with van der Waals surface area (Å²) < 4.78 is 0. The lowest BCUT2D eigenvalue weighted by Crippen LogP contribution is -2.34. The van der Waals surface area contributed by atoms with Crippen LogP contribution in [0.4, 0.5) is 5.82 Å². The predicted octanol–water partition coefficient (Wildman–Crippen LogP) is 3.13. The Morgan fingerprint density at radius 3 is 3.05 bits per heavy atom. The number of aromatic nitrogens is 1. The van der Waals surface area contributed by atoms with Crippen molar-refractivity contribution in [1.82, 2.24) is 9.88 Å². The first-order chi connectivity index (χ1) is 9.36. The Morgan fingerprint density at radius 1 is 1.26 bits per heavy atom. The molecule has 1 fully saturated rings. The molecule has 1 atom stereocenters. The maximum atomic E-state index is 4.66. The first kappa shape index (κ1) is 12.4. The molecular formula is C16H21N3. The van der Waals surface area contributed by atoms with Gasteiger partial charge in [-0.2, -0.15) is 0 Å². The molecule has 2 aromatic rings. The van der Waals surface area contributed by atoms with Crippen LogP contribution in [0, 0.1) is 0 Å². The van der Waals surface area contributed by atoms with E-state index in [9.17, 15) is 0 Å². The van der Waals surface area contributed by atoms with E-state index < -0.39 is 0 Å².